The predicted molar refractivity (Wildman–Crippen MR) is 97.2 cm³/mol. The first-order valence-electron chi connectivity index (χ1n) is 7.68. The van der Waals surface area contributed by atoms with E-state index in [0.717, 1.165) is 5.56 Å². The number of imide groups is 1. The largest absolute Gasteiger partial charge is 0.497 e. The molecule has 1 N–H and O–H groups in total. The Bertz CT molecular complexity index is 808. The highest BCUT2D eigenvalue weighted by atomic mass is 35.5. The van der Waals surface area contributed by atoms with Gasteiger partial charge in [0, 0.05) is 6.54 Å². The number of carbonyl (C=O) groups excluding carboxylic acids is 2. The molecule has 2 aromatic rings. The summed E-state index contributed by atoms with van der Waals surface area (Å²) in [5.74, 6) is 0.161. The summed E-state index contributed by atoms with van der Waals surface area (Å²) in [6, 6.07) is 11.5. The van der Waals surface area contributed by atoms with Gasteiger partial charge >= 0.3 is 0 Å². The SMILES string of the molecule is COc1ccc(N2C(=O)C[C@H](NCc3ccc(Cl)c(Cl)c3)C2=O)cc1. The lowest BCUT2D eigenvalue weighted by molar-refractivity contribution is -0.121. The van der Waals surface area contributed by atoms with Gasteiger partial charge in [0.15, 0.2) is 0 Å². The average Bonchev–Trinajstić information content (AvgIpc) is 2.90. The molecule has 1 aliphatic rings. The number of halogens is 2. The zero-order valence-corrected chi connectivity index (χ0v) is 15.0. The summed E-state index contributed by atoms with van der Waals surface area (Å²) in [6.07, 6.45) is 0.117. The van der Waals surface area contributed by atoms with Crippen molar-refractivity contribution in [2.24, 2.45) is 0 Å². The highest BCUT2D eigenvalue weighted by Crippen LogP contribution is 2.26. The molecule has 1 saturated heterocycles. The van der Waals surface area contributed by atoms with Crippen LogP contribution in [0.1, 0.15) is 12.0 Å². The maximum atomic E-state index is 12.6. The fourth-order valence-corrected chi connectivity index (χ4v) is 3.01. The van der Waals surface area contributed by atoms with Crippen LogP contribution in [-0.2, 0) is 16.1 Å². The van der Waals surface area contributed by atoms with Crippen molar-refractivity contribution < 1.29 is 14.3 Å². The van der Waals surface area contributed by atoms with Crippen molar-refractivity contribution >= 4 is 40.7 Å². The number of methoxy groups -OCH3 is 1. The summed E-state index contributed by atoms with van der Waals surface area (Å²) in [7, 11) is 1.56. The number of anilines is 1. The summed E-state index contributed by atoms with van der Waals surface area (Å²) in [6.45, 7) is 0.414. The van der Waals surface area contributed by atoms with Gasteiger partial charge in [0.25, 0.3) is 5.91 Å². The minimum absolute atomic E-state index is 0.117. The Kier molecular flexibility index (Phi) is 5.27. The van der Waals surface area contributed by atoms with E-state index in [1.807, 2.05) is 6.07 Å². The molecule has 5 nitrogen and oxygen atoms in total. The average molecular weight is 379 g/mol. The Hall–Kier alpha value is -2.08. The van der Waals surface area contributed by atoms with Crippen molar-refractivity contribution in [3.63, 3.8) is 0 Å². The van der Waals surface area contributed by atoms with Crippen LogP contribution in [0, 0.1) is 0 Å². The lowest BCUT2D eigenvalue weighted by Gasteiger charge is -2.16. The number of benzene rings is 2. The fraction of sp³-hybridized carbons (Fsp3) is 0.222. The molecule has 0 aliphatic carbocycles. The molecule has 2 amide bonds. The standard InChI is InChI=1S/C18H16Cl2N2O3/c1-25-13-5-3-12(4-6-13)22-17(23)9-16(18(22)24)21-10-11-2-7-14(19)15(20)8-11/h2-8,16,21H,9-10H2,1H3/t16-/m0/s1. The number of hydrogen-bond donors (Lipinski definition) is 1. The first kappa shape index (κ1) is 17.7. The van der Waals surface area contributed by atoms with Gasteiger partial charge in [-0.1, -0.05) is 29.3 Å². The van der Waals surface area contributed by atoms with Crippen LogP contribution in [-0.4, -0.2) is 25.0 Å². The molecular formula is C18H16Cl2N2O3. The molecule has 0 bridgehead atoms. The van der Waals surface area contributed by atoms with Crippen molar-refractivity contribution in [1.29, 1.82) is 0 Å². The smallest absolute Gasteiger partial charge is 0.251 e. The second-order valence-corrected chi connectivity index (χ2v) is 6.47. The minimum Gasteiger partial charge on any atom is -0.497 e. The van der Waals surface area contributed by atoms with Gasteiger partial charge in [-0.3, -0.25) is 9.59 Å². The summed E-state index contributed by atoms with van der Waals surface area (Å²) in [4.78, 5) is 26.0. The Balaban J connectivity index is 1.68. The van der Waals surface area contributed by atoms with Gasteiger partial charge in [0.05, 0.1) is 35.3 Å². The van der Waals surface area contributed by atoms with Gasteiger partial charge in [0.1, 0.15) is 5.75 Å². The molecule has 3 rings (SSSR count). The van der Waals surface area contributed by atoms with Crippen LogP contribution in [0.2, 0.25) is 10.0 Å². The summed E-state index contributed by atoms with van der Waals surface area (Å²) in [5, 5.41) is 4.04. The zero-order valence-electron chi connectivity index (χ0n) is 13.5. The van der Waals surface area contributed by atoms with Crippen LogP contribution in [0.5, 0.6) is 5.75 Å². The third-order valence-corrected chi connectivity index (χ3v) is 4.75. The fourth-order valence-electron chi connectivity index (χ4n) is 2.68. The zero-order chi connectivity index (χ0) is 18.0. The van der Waals surface area contributed by atoms with E-state index in [1.165, 1.54) is 4.90 Å². The molecule has 130 valence electrons. The number of ether oxygens (including phenoxy) is 1. The minimum atomic E-state index is -0.566. The Morgan fingerprint density at radius 1 is 1.12 bits per heavy atom. The van der Waals surface area contributed by atoms with Crippen LogP contribution < -0.4 is 15.0 Å². The van der Waals surface area contributed by atoms with E-state index < -0.39 is 6.04 Å². The topological polar surface area (TPSA) is 58.6 Å². The molecule has 0 radical (unpaired) electrons. The van der Waals surface area contributed by atoms with E-state index in [-0.39, 0.29) is 18.2 Å². The first-order valence-corrected chi connectivity index (χ1v) is 8.43. The lowest BCUT2D eigenvalue weighted by Crippen LogP contribution is -2.38. The molecule has 1 atom stereocenters. The van der Waals surface area contributed by atoms with Crippen LogP contribution in [0.15, 0.2) is 42.5 Å². The van der Waals surface area contributed by atoms with Crippen molar-refractivity contribution in [1.82, 2.24) is 5.32 Å². The Morgan fingerprint density at radius 3 is 2.48 bits per heavy atom. The monoisotopic (exact) mass is 378 g/mol. The van der Waals surface area contributed by atoms with Crippen LogP contribution in [0.25, 0.3) is 0 Å². The molecule has 0 saturated carbocycles. The van der Waals surface area contributed by atoms with Crippen molar-refractivity contribution in [2.45, 2.75) is 19.0 Å². The molecular weight excluding hydrogens is 363 g/mol. The van der Waals surface area contributed by atoms with Crippen LogP contribution >= 0.6 is 23.2 Å². The predicted octanol–water partition coefficient (Wildman–Crippen LogP) is 3.42. The summed E-state index contributed by atoms with van der Waals surface area (Å²) >= 11 is 11.9. The third-order valence-electron chi connectivity index (χ3n) is 4.01. The Morgan fingerprint density at radius 2 is 1.84 bits per heavy atom. The van der Waals surface area contributed by atoms with Gasteiger partial charge in [-0.2, -0.15) is 0 Å². The summed E-state index contributed by atoms with van der Waals surface area (Å²) < 4.78 is 5.09. The molecule has 7 heteroatoms. The number of carbonyl (C=O) groups is 2. The van der Waals surface area contributed by atoms with Crippen molar-refractivity contribution in [3.8, 4) is 5.75 Å². The molecule has 1 heterocycles. The lowest BCUT2D eigenvalue weighted by atomic mass is 10.2. The third kappa shape index (κ3) is 3.79. The van der Waals surface area contributed by atoms with Crippen LogP contribution in [0.3, 0.4) is 0 Å². The number of hydrogen-bond acceptors (Lipinski definition) is 4. The highest BCUT2D eigenvalue weighted by Gasteiger charge is 2.39. The van der Waals surface area contributed by atoms with E-state index in [2.05, 4.69) is 5.32 Å². The molecule has 1 aliphatic heterocycles. The maximum absolute atomic E-state index is 12.6. The summed E-state index contributed by atoms with van der Waals surface area (Å²) in [5.41, 5.74) is 1.42. The van der Waals surface area contributed by atoms with Gasteiger partial charge in [-0.15, -0.1) is 0 Å². The van der Waals surface area contributed by atoms with Gasteiger partial charge in [-0.25, -0.2) is 4.90 Å². The van der Waals surface area contributed by atoms with Crippen molar-refractivity contribution in [2.75, 3.05) is 12.0 Å². The highest BCUT2D eigenvalue weighted by molar-refractivity contribution is 6.42. The molecule has 0 aromatic heterocycles. The van der Waals surface area contributed by atoms with E-state index >= 15 is 0 Å². The normalized spacial score (nSPS) is 17.2. The second-order valence-electron chi connectivity index (χ2n) is 5.65. The van der Waals surface area contributed by atoms with E-state index in [0.29, 0.717) is 28.0 Å². The van der Waals surface area contributed by atoms with Gasteiger partial charge in [-0.05, 0) is 42.0 Å². The van der Waals surface area contributed by atoms with E-state index in [9.17, 15) is 9.59 Å². The van der Waals surface area contributed by atoms with Crippen molar-refractivity contribution in [3.05, 3.63) is 58.1 Å². The first-order chi connectivity index (χ1) is 12.0. The Labute approximate surface area is 155 Å². The molecule has 0 unspecified atom stereocenters. The molecule has 2 aromatic carbocycles. The van der Waals surface area contributed by atoms with Gasteiger partial charge in [0.2, 0.25) is 5.91 Å². The second kappa shape index (κ2) is 7.44. The number of rotatable bonds is 5. The maximum Gasteiger partial charge on any atom is 0.251 e. The molecule has 0 spiro atoms. The number of nitrogens with zero attached hydrogens (tertiary/aromatic N) is 1. The van der Waals surface area contributed by atoms with E-state index in [1.54, 1.807) is 43.5 Å². The van der Waals surface area contributed by atoms with E-state index in [4.69, 9.17) is 27.9 Å². The quantitative estimate of drug-likeness (QED) is 0.809. The van der Waals surface area contributed by atoms with Gasteiger partial charge < -0.3 is 10.1 Å². The number of amides is 2. The molecule has 1 fully saturated rings. The number of nitrogens with one attached hydrogen (secondary N) is 1. The van der Waals surface area contributed by atoms with Crippen LogP contribution in [0.4, 0.5) is 5.69 Å². The molecule has 25 heavy (non-hydrogen) atoms.